The van der Waals surface area contributed by atoms with Crippen LogP contribution in [-0.2, 0) is 16.6 Å². The number of carbonyl (C=O) groups is 1. The normalized spacial score (nSPS) is 11.2. The van der Waals surface area contributed by atoms with Crippen molar-refractivity contribution in [1.82, 2.24) is 15.1 Å². The maximum atomic E-state index is 13.2. The number of aromatic nitrogens is 2. The SMILES string of the molecule is COc1ccccc1-c1nn(-c2ccccc2)cc1C(=O)NCc1ccc(S(N)(=O)=O)cc1. The first-order chi connectivity index (χ1) is 15.9. The Hall–Kier alpha value is -3.95. The molecular formula is C24H22N4O4S. The molecule has 8 nitrogen and oxygen atoms in total. The molecule has 9 heteroatoms. The topological polar surface area (TPSA) is 116 Å². The van der Waals surface area contributed by atoms with Crippen molar-refractivity contribution in [3.63, 3.8) is 0 Å². The number of methoxy groups -OCH3 is 1. The van der Waals surface area contributed by atoms with E-state index in [0.29, 0.717) is 22.6 Å². The smallest absolute Gasteiger partial charge is 0.255 e. The molecule has 33 heavy (non-hydrogen) atoms. The molecule has 168 valence electrons. The number of hydrogen-bond acceptors (Lipinski definition) is 5. The zero-order valence-corrected chi connectivity index (χ0v) is 18.6. The Morgan fingerprint density at radius 2 is 1.67 bits per heavy atom. The third kappa shape index (κ3) is 4.94. The number of para-hydroxylation sites is 2. The van der Waals surface area contributed by atoms with E-state index in [4.69, 9.17) is 9.88 Å². The Morgan fingerprint density at radius 3 is 2.33 bits per heavy atom. The van der Waals surface area contributed by atoms with E-state index in [-0.39, 0.29) is 17.3 Å². The summed E-state index contributed by atoms with van der Waals surface area (Å²) in [5.74, 6) is 0.275. The molecule has 1 aromatic heterocycles. The van der Waals surface area contributed by atoms with Crippen LogP contribution in [0.25, 0.3) is 16.9 Å². The van der Waals surface area contributed by atoms with Crippen LogP contribution in [0.15, 0.2) is 90.0 Å². The summed E-state index contributed by atoms with van der Waals surface area (Å²) in [5.41, 5.74) is 3.09. The second kappa shape index (κ2) is 9.27. The molecule has 4 rings (SSSR count). The summed E-state index contributed by atoms with van der Waals surface area (Å²) in [6.07, 6.45) is 1.68. The number of carbonyl (C=O) groups excluding carboxylic acids is 1. The van der Waals surface area contributed by atoms with Gasteiger partial charge in [-0.1, -0.05) is 42.5 Å². The van der Waals surface area contributed by atoms with Crippen LogP contribution in [0.2, 0.25) is 0 Å². The van der Waals surface area contributed by atoms with Gasteiger partial charge in [-0.15, -0.1) is 0 Å². The molecule has 0 unspecified atom stereocenters. The van der Waals surface area contributed by atoms with E-state index in [1.54, 1.807) is 30.1 Å². The first kappa shape index (κ1) is 22.3. The number of primary sulfonamides is 1. The quantitative estimate of drug-likeness (QED) is 0.438. The number of hydrogen-bond donors (Lipinski definition) is 2. The van der Waals surface area contributed by atoms with Crippen LogP contribution in [-0.4, -0.2) is 31.2 Å². The minimum atomic E-state index is -3.77. The highest BCUT2D eigenvalue weighted by molar-refractivity contribution is 7.89. The molecule has 0 aliphatic heterocycles. The van der Waals surface area contributed by atoms with Gasteiger partial charge in [-0.2, -0.15) is 5.10 Å². The van der Waals surface area contributed by atoms with Gasteiger partial charge in [0, 0.05) is 18.3 Å². The van der Waals surface area contributed by atoms with Crippen molar-refractivity contribution in [2.24, 2.45) is 5.14 Å². The van der Waals surface area contributed by atoms with Crippen LogP contribution in [0.3, 0.4) is 0 Å². The molecule has 0 aliphatic rings. The van der Waals surface area contributed by atoms with Gasteiger partial charge in [-0.05, 0) is 42.0 Å². The number of ether oxygens (including phenoxy) is 1. The lowest BCUT2D eigenvalue weighted by atomic mass is 10.1. The first-order valence-corrected chi connectivity index (χ1v) is 11.6. The predicted octanol–water partition coefficient (Wildman–Crippen LogP) is 3.13. The van der Waals surface area contributed by atoms with E-state index in [2.05, 4.69) is 10.4 Å². The third-order valence-electron chi connectivity index (χ3n) is 5.05. The maximum Gasteiger partial charge on any atom is 0.255 e. The van der Waals surface area contributed by atoms with E-state index in [0.717, 1.165) is 11.3 Å². The zero-order valence-electron chi connectivity index (χ0n) is 17.8. The number of nitrogens with one attached hydrogen (secondary N) is 1. The zero-order chi connectivity index (χ0) is 23.4. The number of nitrogens with two attached hydrogens (primary N) is 1. The van der Waals surface area contributed by atoms with E-state index < -0.39 is 10.0 Å². The number of sulfonamides is 1. The second-order valence-electron chi connectivity index (χ2n) is 7.24. The van der Waals surface area contributed by atoms with Gasteiger partial charge in [0.1, 0.15) is 11.4 Å². The maximum absolute atomic E-state index is 13.2. The van der Waals surface area contributed by atoms with Gasteiger partial charge in [-0.3, -0.25) is 4.79 Å². The third-order valence-corrected chi connectivity index (χ3v) is 5.98. The van der Waals surface area contributed by atoms with Gasteiger partial charge in [0.15, 0.2) is 0 Å². The average molecular weight is 463 g/mol. The van der Waals surface area contributed by atoms with Crippen LogP contribution in [0.5, 0.6) is 5.75 Å². The summed E-state index contributed by atoms with van der Waals surface area (Å²) in [7, 11) is -2.20. The van der Waals surface area contributed by atoms with Gasteiger partial charge >= 0.3 is 0 Å². The van der Waals surface area contributed by atoms with Gasteiger partial charge in [0.25, 0.3) is 5.91 Å². The summed E-state index contributed by atoms with van der Waals surface area (Å²) in [6, 6.07) is 22.9. The summed E-state index contributed by atoms with van der Waals surface area (Å²) in [5, 5.41) is 12.7. The molecule has 0 fully saturated rings. The van der Waals surface area contributed by atoms with Crippen molar-refractivity contribution < 1.29 is 17.9 Å². The van der Waals surface area contributed by atoms with E-state index in [1.165, 1.54) is 12.1 Å². The number of benzene rings is 3. The summed E-state index contributed by atoms with van der Waals surface area (Å²) >= 11 is 0. The summed E-state index contributed by atoms with van der Waals surface area (Å²) in [6.45, 7) is 0.200. The Balaban J connectivity index is 1.65. The van der Waals surface area contributed by atoms with Crippen LogP contribution in [0.4, 0.5) is 0 Å². The highest BCUT2D eigenvalue weighted by Crippen LogP contribution is 2.31. The summed E-state index contributed by atoms with van der Waals surface area (Å²) < 4.78 is 30.0. The van der Waals surface area contributed by atoms with Gasteiger partial charge < -0.3 is 10.1 Å². The molecule has 0 spiro atoms. The average Bonchev–Trinajstić information content (AvgIpc) is 3.28. The van der Waals surface area contributed by atoms with Crippen LogP contribution in [0.1, 0.15) is 15.9 Å². The second-order valence-corrected chi connectivity index (χ2v) is 8.80. The molecule has 1 amide bonds. The fourth-order valence-electron chi connectivity index (χ4n) is 3.37. The van der Waals surface area contributed by atoms with E-state index in [1.807, 2.05) is 54.6 Å². The van der Waals surface area contributed by atoms with E-state index in [9.17, 15) is 13.2 Å². The van der Waals surface area contributed by atoms with Gasteiger partial charge in [0.05, 0.1) is 23.3 Å². The molecule has 0 atom stereocenters. The summed E-state index contributed by atoms with van der Waals surface area (Å²) in [4.78, 5) is 13.2. The van der Waals surface area contributed by atoms with Crippen molar-refractivity contribution in [3.8, 4) is 22.7 Å². The Labute approximate surface area is 191 Å². The highest BCUT2D eigenvalue weighted by Gasteiger charge is 2.21. The number of amides is 1. The Kier molecular flexibility index (Phi) is 6.25. The molecule has 3 N–H and O–H groups in total. The molecule has 0 saturated heterocycles. The van der Waals surface area contributed by atoms with Crippen LogP contribution in [0, 0.1) is 0 Å². The standard InChI is InChI=1S/C24H22N4O4S/c1-32-22-10-6-5-9-20(22)23-21(16-28(27-23)18-7-3-2-4-8-18)24(29)26-15-17-11-13-19(14-12-17)33(25,30)31/h2-14,16H,15H2,1H3,(H,26,29)(H2,25,30,31). The predicted molar refractivity (Wildman–Crippen MR) is 125 cm³/mol. The van der Waals surface area contributed by atoms with Crippen molar-refractivity contribution in [2.45, 2.75) is 11.4 Å². The van der Waals surface area contributed by atoms with Crippen molar-refractivity contribution in [2.75, 3.05) is 7.11 Å². The van der Waals surface area contributed by atoms with Crippen molar-refractivity contribution >= 4 is 15.9 Å². The fraction of sp³-hybridized carbons (Fsp3) is 0.0833. The Bertz CT molecular complexity index is 1380. The monoisotopic (exact) mass is 462 g/mol. The largest absolute Gasteiger partial charge is 0.496 e. The molecule has 0 bridgehead atoms. The first-order valence-electron chi connectivity index (χ1n) is 10.1. The lowest BCUT2D eigenvalue weighted by Crippen LogP contribution is -2.23. The Morgan fingerprint density at radius 1 is 1.00 bits per heavy atom. The molecule has 0 radical (unpaired) electrons. The van der Waals surface area contributed by atoms with Crippen LogP contribution < -0.4 is 15.2 Å². The minimum absolute atomic E-state index is 0.0140. The minimum Gasteiger partial charge on any atom is -0.496 e. The van der Waals surface area contributed by atoms with E-state index >= 15 is 0 Å². The highest BCUT2D eigenvalue weighted by atomic mass is 32.2. The van der Waals surface area contributed by atoms with Gasteiger partial charge in [0.2, 0.25) is 10.0 Å². The lowest BCUT2D eigenvalue weighted by Gasteiger charge is -2.09. The fourth-order valence-corrected chi connectivity index (χ4v) is 3.88. The lowest BCUT2D eigenvalue weighted by molar-refractivity contribution is 0.0951. The molecule has 3 aromatic carbocycles. The molecule has 4 aromatic rings. The molecule has 0 saturated carbocycles. The molecule has 0 aliphatic carbocycles. The van der Waals surface area contributed by atoms with Crippen LogP contribution >= 0.6 is 0 Å². The van der Waals surface area contributed by atoms with Crippen molar-refractivity contribution in [3.05, 3.63) is 96.2 Å². The van der Waals surface area contributed by atoms with Gasteiger partial charge in [-0.25, -0.2) is 18.2 Å². The van der Waals surface area contributed by atoms with Crippen molar-refractivity contribution in [1.29, 1.82) is 0 Å². The molecule has 1 heterocycles. The number of rotatable bonds is 7. The number of nitrogens with zero attached hydrogens (tertiary/aromatic N) is 2. The molecular weight excluding hydrogens is 440 g/mol.